The normalized spacial score (nSPS) is 10.5. The van der Waals surface area contributed by atoms with E-state index in [1.54, 1.807) is 42.6 Å². The van der Waals surface area contributed by atoms with E-state index < -0.39 is 11.7 Å². The highest BCUT2D eigenvalue weighted by atomic mass is 16.5. The van der Waals surface area contributed by atoms with Gasteiger partial charge in [0.15, 0.2) is 0 Å². The molecule has 0 aliphatic heterocycles. The summed E-state index contributed by atoms with van der Waals surface area (Å²) in [7, 11) is 0. The first-order chi connectivity index (χ1) is 13.6. The number of carbonyl (C=O) groups excluding carboxylic acids is 1. The van der Waals surface area contributed by atoms with E-state index in [2.05, 4.69) is 15.5 Å². The van der Waals surface area contributed by atoms with Gasteiger partial charge >= 0.3 is 5.76 Å². The summed E-state index contributed by atoms with van der Waals surface area (Å²) in [6.07, 6.45) is 1.56. The number of ether oxygens (including phenoxy) is 2. The fourth-order valence-electron chi connectivity index (χ4n) is 2.56. The van der Waals surface area contributed by atoms with Gasteiger partial charge in [-0.25, -0.2) is 9.36 Å². The Labute approximate surface area is 160 Å². The average Bonchev–Trinajstić information content (AvgIpc) is 3.05. The molecule has 0 fully saturated rings. The van der Waals surface area contributed by atoms with E-state index in [1.165, 1.54) is 0 Å². The molecule has 3 aromatic rings. The lowest BCUT2D eigenvalue weighted by molar-refractivity contribution is -0.116. The number of pyridine rings is 1. The van der Waals surface area contributed by atoms with Crippen LogP contribution >= 0.6 is 0 Å². The SMILES string of the molecule is CCOc1ccc(OCC)c(NC(=O)Cn2c(-c3ccccn3)noc2=O)c1. The molecular weight excluding hydrogens is 364 g/mol. The number of hydrogen-bond acceptors (Lipinski definition) is 7. The molecule has 1 aromatic carbocycles. The van der Waals surface area contributed by atoms with E-state index in [4.69, 9.17) is 14.0 Å². The lowest BCUT2D eigenvalue weighted by atomic mass is 10.2. The molecule has 146 valence electrons. The standard InChI is InChI=1S/C19H20N4O5/c1-3-26-13-8-9-16(27-4-2)15(11-13)21-17(24)12-23-18(22-28-19(23)25)14-7-5-6-10-20-14/h5-11H,3-4,12H2,1-2H3,(H,21,24). The van der Waals surface area contributed by atoms with Crippen LogP contribution < -0.4 is 20.5 Å². The van der Waals surface area contributed by atoms with Gasteiger partial charge in [0.2, 0.25) is 11.7 Å². The van der Waals surface area contributed by atoms with Crippen molar-refractivity contribution in [3.8, 4) is 23.0 Å². The van der Waals surface area contributed by atoms with Crippen molar-refractivity contribution < 1.29 is 18.8 Å². The van der Waals surface area contributed by atoms with E-state index in [0.717, 1.165) is 4.57 Å². The number of anilines is 1. The van der Waals surface area contributed by atoms with E-state index in [-0.39, 0.29) is 12.4 Å². The van der Waals surface area contributed by atoms with Crippen molar-refractivity contribution in [2.75, 3.05) is 18.5 Å². The van der Waals surface area contributed by atoms with Crippen molar-refractivity contribution in [1.82, 2.24) is 14.7 Å². The van der Waals surface area contributed by atoms with E-state index >= 15 is 0 Å². The molecule has 9 heteroatoms. The van der Waals surface area contributed by atoms with E-state index in [9.17, 15) is 9.59 Å². The zero-order chi connectivity index (χ0) is 19.9. The summed E-state index contributed by atoms with van der Waals surface area (Å²) >= 11 is 0. The number of hydrogen-bond donors (Lipinski definition) is 1. The maximum atomic E-state index is 12.6. The number of aromatic nitrogens is 3. The maximum absolute atomic E-state index is 12.6. The van der Waals surface area contributed by atoms with Crippen LogP contribution in [0.4, 0.5) is 5.69 Å². The van der Waals surface area contributed by atoms with Crippen molar-refractivity contribution in [2.45, 2.75) is 20.4 Å². The Balaban J connectivity index is 1.83. The number of nitrogens with one attached hydrogen (secondary N) is 1. The molecule has 0 atom stereocenters. The second-order valence-corrected chi connectivity index (χ2v) is 5.65. The predicted octanol–water partition coefficient (Wildman–Crippen LogP) is 2.33. The molecule has 28 heavy (non-hydrogen) atoms. The lowest BCUT2D eigenvalue weighted by Gasteiger charge is -2.13. The van der Waals surface area contributed by atoms with Gasteiger partial charge in [0.05, 0.1) is 18.9 Å². The molecule has 0 bridgehead atoms. The number of nitrogens with zero attached hydrogens (tertiary/aromatic N) is 3. The van der Waals surface area contributed by atoms with Crippen LogP contribution in [0.1, 0.15) is 13.8 Å². The number of benzene rings is 1. The van der Waals surface area contributed by atoms with Gasteiger partial charge in [-0.05, 0) is 38.1 Å². The number of carbonyl (C=O) groups is 1. The van der Waals surface area contributed by atoms with E-state index in [1.807, 2.05) is 13.8 Å². The molecule has 0 aliphatic carbocycles. The zero-order valence-corrected chi connectivity index (χ0v) is 15.5. The van der Waals surface area contributed by atoms with E-state index in [0.29, 0.717) is 36.1 Å². The molecule has 0 saturated carbocycles. The highest BCUT2D eigenvalue weighted by Gasteiger charge is 2.18. The van der Waals surface area contributed by atoms with Gasteiger partial charge in [-0.3, -0.25) is 14.3 Å². The predicted molar refractivity (Wildman–Crippen MR) is 101 cm³/mol. The molecule has 1 N–H and O–H groups in total. The molecular formula is C19H20N4O5. The Morgan fingerprint density at radius 3 is 2.71 bits per heavy atom. The van der Waals surface area contributed by atoms with Crippen LogP contribution in [0.5, 0.6) is 11.5 Å². The van der Waals surface area contributed by atoms with Crippen molar-refractivity contribution in [1.29, 1.82) is 0 Å². The lowest BCUT2D eigenvalue weighted by Crippen LogP contribution is -2.26. The Kier molecular flexibility index (Phi) is 6.05. The topological polar surface area (TPSA) is 108 Å². The molecule has 2 heterocycles. The molecule has 9 nitrogen and oxygen atoms in total. The van der Waals surface area contributed by atoms with Gasteiger partial charge in [0.1, 0.15) is 23.7 Å². The first kappa shape index (κ1) is 19.2. The van der Waals surface area contributed by atoms with Crippen molar-refractivity contribution >= 4 is 11.6 Å². The average molecular weight is 384 g/mol. The number of rotatable bonds is 8. The Morgan fingerprint density at radius 2 is 2.00 bits per heavy atom. The van der Waals surface area contributed by atoms with Crippen LogP contribution in [0.25, 0.3) is 11.5 Å². The second-order valence-electron chi connectivity index (χ2n) is 5.65. The third-order valence-corrected chi connectivity index (χ3v) is 3.72. The largest absolute Gasteiger partial charge is 0.494 e. The summed E-state index contributed by atoms with van der Waals surface area (Å²) in [5, 5.41) is 6.46. The minimum Gasteiger partial charge on any atom is -0.494 e. The fourth-order valence-corrected chi connectivity index (χ4v) is 2.56. The van der Waals surface area contributed by atoms with Gasteiger partial charge in [-0.15, -0.1) is 0 Å². The minimum absolute atomic E-state index is 0.175. The first-order valence-electron chi connectivity index (χ1n) is 8.79. The molecule has 0 spiro atoms. The van der Waals surface area contributed by atoms with Gasteiger partial charge < -0.3 is 14.8 Å². The minimum atomic E-state index is -0.746. The Morgan fingerprint density at radius 1 is 1.18 bits per heavy atom. The van der Waals surface area contributed by atoms with Crippen LogP contribution in [-0.4, -0.2) is 33.8 Å². The van der Waals surface area contributed by atoms with Crippen LogP contribution in [0.3, 0.4) is 0 Å². The molecule has 0 saturated heterocycles. The van der Waals surface area contributed by atoms with Crippen molar-refractivity contribution in [3.63, 3.8) is 0 Å². The first-order valence-corrected chi connectivity index (χ1v) is 8.79. The highest BCUT2D eigenvalue weighted by Crippen LogP contribution is 2.29. The van der Waals surface area contributed by atoms with Crippen LogP contribution in [-0.2, 0) is 11.3 Å². The summed E-state index contributed by atoms with van der Waals surface area (Å²) in [4.78, 5) is 28.7. The molecule has 0 unspecified atom stereocenters. The summed E-state index contributed by atoms with van der Waals surface area (Å²) in [6, 6.07) is 10.3. The third-order valence-electron chi connectivity index (χ3n) is 3.72. The second kappa shape index (κ2) is 8.85. The summed E-state index contributed by atoms with van der Waals surface area (Å²) < 4.78 is 16.8. The molecule has 3 rings (SSSR count). The Bertz CT molecular complexity index is 997. The Hall–Kier alpha value is -3.62. The fraction of sp³-hybridized carbons (Fsp3) is 0.263. The monoisotopic (exact) mass is 384 g/mol. The molecule has 0 aliphatic rings. The van der Waals surface area contributed by atoms with Gasteiger partial charge in [-0.2, -0.15) is 0 Å². The van der Waals surface area contributed by atoms with Crippen molar-refractivity contribution in [2.24, 2.45) is 0 Å². The third kappa shape index (κ3) is 4.37. The van der Waals surface area contributed by atoms with Gasteiger partial charge in [-0.1, -0.05) is 11.2 Å². The molecule has 1 amide bonds. The summed E-state index contributed by atoms with van der Waals surface area (Å²) in [5.41, 5.74) is 0.871. The number of amides is 1. The van der Waals surface area contributed by atoms with Gasteiger partial charge in [0.25, 0.3) is 0 Å². The summed E-state index contributed by atoms with van der Waals surface area (Å²) in [5.74, 6) is 0.0781. The smallest absolute Gasteiger partial charge is 0.442 e. The summed E-state index contributed by atoms with van der Waals surface area (Å²) in [6.45, 7) is 4.35. The zero-order valence-electron chi connectivity index (χ0n) is 15.5. The van der Waals surface area contributed by atoms with Crippen LogP contribution in [0.15, 0.2) is 51.9 Å². The highest BCUT2D eigenvalue weighted by molar-refractivity contribution is 5.92. The molecule has 0 radical (unpaired) electrons. The van der Waals surface area contributed by atoms with Crippen LogP contribution in [0.2, 0.25) is 0 Å². The quantitative estimate of drug-likeness (QED) is 0.635. The molecule has 2 aromatic heterocycles. The van der Waals surface area contributed by atoms with Gasteiger partial charge in [0, 0.05) is 12.3 Å². The van der Waals surface area contributed by atoms with Crippen molar-refractivity contribution in [3.05, 3.63) is 53.1 Å². The van der Waals surface area contributed by atoms with Crippen LogP contribution in [0, 0.1) is 0 Å². The maximum Gasteiger partial charge on any atom is 0.442 e.